The summed E-state index contributed by atoms with van der Waals surface area (Å²) in [7, 11) is -3.96. The third-order valence-corrected chi connectivity index (χ3v) is 6.11. The van der Waals surface area contributed by atoms with Gasteiger partial charge in [0.2, 0.25) is 15.7 Å². The van der Waals surface area contributed by atoms with E-state index in [4.69, 9.17) is 0 Å². The first-order chi connectivity index (χ1) is 15.3. The normalized spacial score (nSPS) is 11.2. The molecule has 2 aromatic carbocycles. The van der Waals surface area contributed by atoms with Crippen LogP contribution < -0.4 is 10.6 Å². The van der Waals surface area contributed by atoms with E-state index in [9.17, 15) is 13.2 Å². The number of benzene rings is 2. The molecule has 0 saturated carbocycles. The number of rotatable bonds is 6. The summed E-state index contributed by atoms with van der Waals surface area (Å²) in [5.41, 5.74) is 2.02. The second-order valence-corrected chi connectivity index (χ2v) is 8.95. The summed E-state index contributed by atoms with van der Waals surface area (Å²) in [5, 5.41) is 12.4. The lowest BCUT2D eigenvalue weighted by atomic mass is 10.2. The van der Waals surface area contributed by atoms with Crippen LogP contribution in [0.25, 0.3) is 11.4 Å². The van der Waals surface area contributed by atoms with E-state index in [-0.39, 0.29) is 21.7 Å². The summed E-state index contributed by atoms with van der Waals surface area (Å²) in [6, 6.07) is 18.2. The molecule has 9 nitrogen and oxygen atoms in total. The van der Waals surface area contributed by atoms with E-state index in [2.05, 4.69) is 30.8 Å². The van der Waals surface area contributed by atoms with Gasteiger partial charge in [-0.2, -0.15) is 5.10 Å². The molecule has 0 bridgehead atoms. The lowest BCUT2D eigenvalue weighted by molar-refractivity contribution is -0.114. The standard InChI is InChI=1S/C22H20N6O3S/c1-14-12-20(28-27-14)24-19-13-21(26-22(25-19)16-6-4-3-5-7-16)32(30,31)18-10-8-17(9-11-18)23-15(2)29/h3-13H,1-2H3,(H,23,29)(H2,24,25,26,27,28). The maximum Gasteiger partial charge on any atom is 0.224 e. The van der Waals surface area contributed by atoms with Crippen molar-refractivity contribution in [1.82, 2.24) is 20.2 Å². The van der Waals surface area contributed by atoms with Gasteiger partial charge in [-0.3, -0.25) is 9.89 Å². The van der Waals surface area contributed by atoms with Crippen molar-refractivity contribution in [2.24, 2.45) is 0 Å². The summed E-state index contributed by atoms with van der Waals surface area (Å²) in [5.74, 6) is 0.812. The first-order valence-corrected chi connectivity index (χ1v) is 11.2. The fourth-order valence-corrected chi connectivity index (χ4v) is 4.21. The highest BCUT2D eigenvalue weighted by Gasteiger charge is 2.22. The van der Waals surface area contributed by atoms with Crippen LogP contribution in [0.3, 0.4) is 0 Å². The topological polar surface area (TPSA) is 130 Å². The molecule has 0 unspecified atom stereocenters. The van der Waals surface area contributed by atoms with Crippen molar-refractivity contribution in [2.75, 3.05) is 10.6 Å². The number of aromatic amines is 1. The smallest absolute Gasteiger partial charge is 0.224 e. The third kappa shape index (κ3) is 4.65. The second-order valence-electron chi connectivity index (χ2n) is 7.05. The Bertz CT molecular complexity index is 1370. The number of nitrogens with zero attached hydrogens (tertiary/aromatic N) is 3. The Morgan fingerprint density at radius 2 is 1.66 bits per heavy atom. The summed E-state index contributed by atoms with van der Waals surface area (Å²) in [4.78, 5) is 20.1. The molecule has 0 spiro atoms. The first kappa shape index (κ1) is 21.2. The second kappa shape index (κ2) is 8.60. The van der Waals surface area contributed by atoms with Gasteiger partial charge in [-0.05, 0) is 31.2 Å². The number of anilines is 3. The molecule has 2 aromatic heterocycles. The predicted octanol–water partition coefficient (Wildman–Crippen LogP) is 3.71. The van der Waals surface area contributed by atoms with Crippen molar-refractivity contribution >= 4 is 33.1 Å². The molecule has 3 N–H and O–H groups in total. The number of hydrogen-bond donors (Lipinski definition) is 3. The van der Waals surface area contributed by atoms with E-state index >= 15 is 0 Å². The van der Waals surface area contributed by atoms with Gasteiger partial charge in [0.1, 0.15) is 5.82 Å². The van der Waals surface area contributed by atoms with Crippen LogP contribution in [0, 0.1) is 6.92 Å². The van der Waals surface area contributed by atoms with Crippen LogP contribution >= 0.6 is 0 Å². The van der Waals surface area contributed by atoms with Crippen molar-refractivity contribution in [2.45, 2.75) is 23.8 Å². The molecule has 0 aliphatic carbocycles. The van der Waals surface area contributed by atoms with Gasteiger partial charge in [-0.1, -0.05) is 30.3 Å². The number of sulfone groups is 1. The number of amides is 1. The van der Waals surface area contributed by atoms with Gasteiger partial charge in [0.25, 0.3) is 0 Å². The fraction of sp³-hybridized carbons (Fsp3) is 0.0909. The maximum atomic E-state index is 13.3. The number of aryl methyl sites for hydroxylation is 1. The molecule has 0 aliphatic heterocycles. The molecule has 10 heteroatoms. The highest BCUT2D eigenvalue weighted by Crippen LogP contribution is 2.26. The minimum Gasteiger partial charge on any atom is -0.326 e. The van der Waals surface area contributed by atoms with Gasteiger partial charge >= 0.3 is 0 Å². The minimum absolute atomic E-state index is 0.0471. The largest absolute Gasteiger partial charge is 0.326 e. The zero-order chi connectivity index (χ0) is 22.7. The third-order valence-electron chi connectivity index (χ3n) is 4.46. The fourth-order valence-electron chi connectivity index (χ4n) is 3.00. The number of aromatic nitrogens is 4. The summed E-state index contributed by atoms with van der Waals surface area (Å²) in [6.45, 7) is 3.24. The number of hydrogen-bond acceptors (Lipinski definition) is 7. The Kier molecular flexibility index (Phi) is 5.69. The van der Waals surface area contributed by atoms with E-state index in [1.807, 2.05) is 25.1 Å². The van der Waals surface area contributed by atoms with Crippen LogP contribution in [-0.2, 0) is 14.6 Å². The van der Waals surface area contributed by atoms with Gasteiger partial charge in [0.05, 0.1) is 4.90 Å². The van der Waals surface area contributed by atoms with Gasteiger partial charge in [0, 0.05) is 36.0 Å². The molecule has 0 radical (unpaired) electrons. The highest BCUT2D eigenvalue weighted by molar-refractivity contribution is 7.91. The molecule has 4 rings (SSSR count). The van der Waals surface area contributed by atoms with E-state index < -0.39 is 9.84 Å². The zero-order valence-electron chi connectivity index (χ0n) is 17.3. The molecule has 1 amide bonds. The van der Waals surface area contributed by atoms with Gasteiger partial charge in [-0.25, -0.2) is 18.4 Å². The average Bonchev–Trinajstić information content (AvgIpc) is 3.18. The van der Waals surface area contributed by atoms with Crippen LogP contribution in [0.15, 0.2) is 76.7 Å². The molecule has 32 heavy (non-hydrogen) atoms. The molecule has 0 saturated heterocycles. The van der Waals surface area contributed by atoms with Crippen LogP contribution in [0.4, 0.5) is 17.3 Å². The van der Waals surface area contributed by atoms with E-state index in [0.29, 0.717) is 22.9 Å². The molecule has 4 aromatic rings. The lowest BCUT2D eigenvalue weighted by Crippen LogP contribution is -2.09. The Morgan fingerprint density at radius 1 is 0.938 bits per heavy atom. The Labute approximate surface area is 184 Å². The zero-order valence-corrected chi connectivity index (χ0v) is 18.1. The Hall–Kier alpha value is -4.05. The molecule has 0 fully saturated rings. The summed E-state index contributed by atoms with van der Waals surface area (Å²) < 4.78 is 26.7. The maximum absolute atomic E-state index is 13.3. The van der Waals surface area contributed by atoms with Gasteiger partial charge < -0.3 is 10.6 Å². The van der Waals surface area contributed by atoms with Crippen LogP contribution in [0.5, 0.6) is 0 Å². The Morgan fingerprint density at radius 3 is 2.28 bits per heavy atom. The van der Waals surface area contributed by atoms with E-state index in [0.717, 1.165) is 5.69 Å². The summed E-state index contributed by atoms with van der Waals surface area (Å²) >= 11 is 0. The molecule has 0 aliphatic rings. The minimum atomic E-state index is -3.96. The molecular formula is C22H20N6O3S. The summed E-state index contributed by atoms with van der Waals surface area (Å²) in [6.07, 6.45) is 0. The van der Waals surface area contributed by atoms with Crippen molar-refractivity contribution in [1.29, 1.82) is 0 Å². The Balaban J connectivity index is 1.77. The SMILES string of the molecule is CC(=O)Nc1ccc(S(=O)(=O)c2cc(Nc3cc(C)[nH]n3)nc(-c3ccccc3)n2)cc1. The average molecular weight is 449 g/mol. The van der Waals surface area contributed by atoms with Crippen molar-refractivity contribution in [3.8, 4) is 11.4 Å². The number of H-pyrrole nitrogens is 1. The monoisotopic (exact) mass is 448 g/mol. The van der Waals surface area contributed by atoms with Crippen LogP contribution in [0.1, 0.15) is 12.6 Å². The predicted molar refractivity (Wildman–Crippen MR) is 120 cm³/mol. The molecule has 162 valence electrons. The van der Waals surface area contributed by atoms with Crippen LogP contribution in [-0.4, -0.2) is 34.5 Å². The van der Waals surface area contributed by atoms with E-state index in [1.165, 1.54) is 37.3 Å². The van der Waals surface area contributed by atoms with E-state index in [1.54, 1.807) is 18.2 Å². The number of carbonyl (C=O) groups excluding carboxylic acids is 1. The first-order valence-electron chi connectivity index (χ1n) is 9.67. The van der Waals surface area contributed by atoms with Gasteiger partial charge in [-0.15, -0.1) is 0 Å². The van der Waals surface area contributed by atoms with Crippen molar-refractivity contribution < 1.29 is 13.2 Å². The number of carbonyl (C=O) groups is 1. The van der Waals surface area contributed by atoms with Gasteiger partial charge in [0.15, 0.2) is 16.7 Å². The quantitative estimate of drug-likeness (QED) is 0.383. The highest BCUT2D eigenvalue weighted by atomic mass is 32.2. The molecular weight excluding hydrogens is 428 g/mol. The molecule has 0 atom stereocenters. The van der Waals surface area contributed by atoms with Crippen molar-refractivity contribution in [3.63, 3.8) is 0 Å². The lowest BCUT2D eigenvalue weighted by Gasteiger charge is -2.10. The van der Waals surface area contributed by atoms with Crippen LogP contribution in [0.2, 0.25) is 0 Å². The van der Waals surface area contributed by atoms with Crippen molar-refractivity contribution in [3.05, 3.63) is 72.4 Å². The molecule has 2 heterocycles. The number of nitrogens with one attached hydrogen (secondary N) is 3.